The number of benzene rings is 3. The maximum absolute atomic E-state index is 9.25. The highest BCUT2D eigenvalue weighted by atomic mass is 16.4. The molecule has 0 saturated carbocycles. The third-order valence-electron chi connectivity index (χ3n) is 2.96. The summed E-state index contributed by atoms with van der Waals surface area (Å²) in [5, 5.41) is 12.4. The molecule has 0 unspecified atom stereocenters. The molecule has 0 saturated heterocycles. The number of carboxylic acid groups (broad SMARTS) is 1. The first kappa shape index (κ1) is 13.6. The summed E-state index contributed by atoms with van der Waals surface area (Å²) in [5.74, 6) is -0.981. The van der Waals surface area contributed by atoms with Gasteiger partial charge in [0, 0.05) is 17.1 Å². The van der Waals surface area contributed by atoms with Crippen molar-refractivity contribution in [1.29, 1.82) is 0 Å². The molecule has 0 aliphatic carbocycles. The maximum Gasteiger partial charge on any atom is 0.327 e. The number of fused-ring (bicyclic) bond motifs is 2. The second-order valence-electron chi connectivity index (χ2n) is 4.31. The third kappa shape index (κ3) is 2.95. The van der Waals surface area contributed by atoms with Crippen molar-refractivity contribution < 1.29 is 9.90 Å². The van der Waals surface area contributed by atoms with Gasteiger partial charge in [0.2, 0.25) is 0 Å². The van der Waals surface area contributed by atoms with Gasteiger partial charge in [0.1, 0.15) is 0 Å². The Labute approximate surface area is 117 Å². The first-order valence-corrected chi connectivity index (χ1v) is 6.14. The minimum absolute atomic E-state index is 0.833. The molecule has 0 heterocycles. The van der Waals surface area contributed by atoms with Gasteiger partial charge in [-0.05, 0) is 34.4 Å². The summed E-state index contributed by atoms with van der Waals surface area (Å²) in [4.78, 5) is 9.25. The Kier molecular flexibility index (Phi) is 4.01. The van der Waals surface area contributed by atoms with Crippen LogP contribution < -0.4 is 5.73 Å². The van der Waals surface area contributed by atoms with Gasteiger partial charge in [-0.2, -0.15) is 0 Å². The number of hydrogen-bond donors (Lipinski definition) is 2. The number of rotatable bonds is 1. The van der Waals surface area contributed by atoms with E-state index < -0.39 is 5.97 Å². The Morgan fingerprint density at radius 1 is 1.00 bits per heavy atom. The lowest BCUT2D eigenvalue weighted by atomic mass is 10.0. The maximum atomic E-state index is 9.25. The van der Waals surface area contributed by atoms with E-state index in [2.05, 4.69) is 43.0 Å². The van der Waals surface area contributed by atoms with E-state index in [4.69, 9.17) is 10.8 Å². The largest absolute Gasteiger partial charge is 0.478 e. The molecule has 0 atom stereocenters. The Bertz CT molecular complexity index is 778. The van der Waals surface area contributed by atoms with E-state index in [9.17, 15) is 4.79 Å². The van der Waals surface area contributed by atoms with Crippen LogP contribution in [-0.2, 0) is 4.79 Å². The zero-order chi connectivity index (χ0) is 14.5. The average Bonchev–Trinajstić information content (AvgIpc) is 2.46. The van der Waals surface area contributed by atoms with E-state index in [0.717, 1.165) is 17.1 Å². The molecular formula is C17H15NO2. The van der Waals surface area contributed by atoms with Gasteiger partial charge >= 0.3 is 5.97 Å². The molecule has 0 aliphatic rings. The lowest BCUT2D eigenvalue weighted by Crippen LogP contribution is -1.86. The van der Waals surface area contributed by atoms with Crippen LogP contribution in [0, 0.1) is 0 Å². The predicted molar refractivity (Wildman–Crippen MR) is 83.7 cm³/mol. The van der Waals surface area contributed by atoms with Gasteiger partial charge in [0.15, 0.2) is 0 Å². The van der Waals surface area contributed by atoms with Gasteiger partial charge in [0.25, 0.3) is 0 Å². The van der Waals surface area contributed by atoms with Gasteiger partial charge in [-0.1, -0.05) is 43.0 Å². The van der Waals surface area contributed by atoms with Crippen molar-refractivity contribution in [2.24, 2.45) is 0 Å². The highest BCUT2D eigenvalue weighted by Crippen LogP contribution is 2.26. The smallest absolute Gasteiger partial charge is 0.327 e. The van der Waals surface area contributed by atoms with Gasteiger partial charge in [-0.3, -0.25) is 0 Å². The number of aliphatic carboxylic acids is 1. The Balaban J connectivity index is 0.000000257. The van der Waals surface area contributed by atoms with Gasteiger partial charge in [-0.15, -0.1) is 0 Å². The number of carbonyl (C=O) groups is 1. The van der Waals surface area contributed by atoms with Crippen LogP contribution in [0.3, 0.4) is 0 Å². The molecule has 20 heavy (non-hydrogen) atoms. The highest BCUT2D eigenvalue weighted by molar-refractivity contribution is 6.03. The Hall–Kier alpha value is -2.81. The van der Waals surface area contributed by atoms with Gasteiger partial charge < -0.3 is 10.8 Å². The van der Waals surface area contributed by atoms with Gasteiger partial charge in [0.05, 0.1) is 0 Å². The van der Waals surface area contributed by atoms with Crippen LogP contribution >= 0.6 is 0 Å². The molecule has 0 spiro atoms. The summed E-state index contributed by atoms with van der Waals surface area (Å²) in [6.07, 6.45) is 0.833. The van der Waals surface area contributed by atoms with Crippen molar-refractivity contribution in [2.45, 2.75) is 0 Å². The van der Waals surface area contributed by atoms with Crippen molar-refractivity contribution in [3.8, 4) is 0 Å². The summed E-state index contributed by atoms with van der Waals surface area (Å²) in [5.41, 5.74) is 6.79. The fourth-order valence-corrected chi connectivity index (χ4v) is 1.99. The second kappa shape index (κ2) is 5.89. The fraction of sp³-hybridized carbons (Fsp3) is 0. The molecule has 0 fully saturated rings. The number of carboxylic acids is 1. The molecule has 3 heteroatoms. The number of nitrogens with two attached hydrogens (primary N) is 1. The normalized spacial score (nSPS) is 9.80. The van der Waals surface area contributed by atoms with Crippen LogP contribution in [0.15, 0.2) is 67.3 Å². The standard InChI is InChI=1S/C14H11N.C3H4O2/c15-14-7-3-6-12-8-10-4-1-2-5-11(10)9-13(12)14;1-2-3(4)5/h1-9H,15H2;2H,1H2,(H,4,5). The van der Waals surface area contributed by atoms with E-state index in [0.29, 0.717) is 0 Å². The van der Waals surface area contributed by atoms with Crippen LogP contribution in [0.4, 0.5) is 5.69 Å². The SMILES string of the molecule is C=CC(=O)O.Nc1cccc2cc3ccccc3cc12. The molecule has 3 rings (SSSR count). The van der Waals surface area contributed by atoms with Crippen LogP contribution in [0.5, 0.6) is 0 Å². The zero-order valence-electron chi connectivity index (χ0n) is 10.9. The molecular weight excluding hydrogens is 250 g/mol. The van der Waals surface area contributed by atoms with Crippen LogP contribution in [-0.4, -0.2) is 11.1 Å². The van der Waals surface area contributed by atoms with E-state index >= 15 is 0 Å². The van der Waals surface area contributed by atoms with Crippen molar-refractivity contribution in [2.75, 3.05) is 5.73 Å². The van der Waals surface area contributed by atoms with E-state index in [-0.39, 0.29) is 0 Å². The molecule has 0 bridgehead atoms. The van der Waals surface area contributed by atoms with E-state index in [1.807, 2.05) is 18.2 Å². The zero-order valence-corrected chi connectivity index (χ0v) is 10.9. The van der Waals surface area contributed by atoms with Crippen molar-refractivity contribution >= 4 is 33.2 Å². The molecule has 0 aliphatic heterocycles. The Morgan fingerprint density at radius 2 is 1.55 bits per heavy atom. The quantitative estimate of drug-likeness (QED) is 0.399. The highest BCUT2D eigenvalue weighted by Gasteiger charge is 1.99. The fourth-order valence-electron chi connectivity index (χ4n) is 1.99. The van der Waals surface area contributed by atoms with E-state index in [1.165, 1.54) is 16.2 Å². The lowest BCUT2D eigenvalue weighted by molar-refractivity contribution is -0.131. The Morgan fingerprint density at radius 3 is 2.15 bits per heavy atom. The van der Waals surface area contributed by atoms with Crippen molar-refractivity contribution in [3.05, 3.63) is 67.3 Å². The summed E-state index contributed by atoms with van der Waals surface area (Å²) in [6, 6.07) is 18.7. The van der Waals surface area contributed by atoms with Gasteiger partial charge in [-0.25, -0.2) is 4.79 Å². The summed E-state index contributed by atoms with van der Waals surface area (Å²) >= 11 is 0. The van der Waals surface area contributed by atoms with E-state index in [1.54, 1.807) is 0 Å². The minimum Gasteiger partial charge on any atom is -0.478 e. The number of anilines is 1. The predicted octanol–water partition coefficient (Wildman–Crippen LogP) is 3.83. The molecule has 3 aromatic carbocycles. The van der Waals surface area contributed by atoms with Crippen LogP contribution in [0.25, 0.3) is 21.5 Å². The minimum atomic E-state index is -0.981. The van der Waals surface area contributed by atoms with Crippen molar-refractivity contribution in [1.82, 2.24) is 0 Å². The average molecular weight is 265 g/mol. The molecule has 0 amide bonds. The van der Waals surface area contributed by atoms with Crippen LogP contribution in [0.1, 0.15) is 0 Å². The summed E-state index contributed by atoms with van der Waals surface area (Å²) in [7, 11) is 0. The number of nitrogen functional groups attached to an aromatic ring is 1. The topological polar surface area (TPSA) is 63.3 Å². The molecule has 0 radical (unpaired) electrons. The van der Waals surface area contributed by atoms with Crippen molar-refractivity contribution in [3.63, 3.8) is 0 Å². The summed E-state index contributed by atoms with van der Waals surface area (Å²) in [6.45, 7) is 2.96. The molecule has 0 aromatic heterocycles. The molecule has 3 aromatic rings. The third-order valence-corrected chi connectivity index (χ3v) is 2.96. The molecule has 100 valence electrons. The molecule has 3 N–H and O–H groups in total. The van der Waals surface area contributed by atoms with Crippen LogP contribution in [0.2, 0.25) is 0 Å². The lowest BCUT2D eigenvalue weighted by Gasteiger charge is -2.04. The second-order valence-corrected chi connectivity index (χ2v) is 4.31. The summed E-state index contributed by atoms with van der Waals surface area (Å²) < 4.78 is 0. The number of hydrogen-bond acceptors (Lipinski definition) is 2. The first-order chi connectivity index (χ1) is 9.61. The first-order valence-electron chi connectivity index (χ1n) is 6.14. The molecule has 3 nitrogen and oxygen atoms in total. The monoisotopic (exact) mass is 265 g/mol.